The normalized spacial score (nSPS) is 11.2. The predicted octanol–water partition coefficient (Wildman–Crippen LogP) is 1.04. The van der Waals surface area contributed by atoms with E-state index in [4.69, 9.17) is 18.0 Å². The topological polar surface area (TPSA) is 60.0 Å². The summed E-state index contributed by atoms with van der Waals surface area (Å²) in [5.74, 6) is -0.0544. The highest BCUT2D eigenvalue weighted by molar-refractivity contribution is 7.80. The van der Waals surface area contributed by atoms with E-state index in [1.165, 1.54) is 0 Å². The van der Waals surface area contributed by atoms with Crippen LogP contribution in [0.4, 0.5) is 0 Å². The number of rotatable bonds is 3. The zero-order chi connectivity index (χ0) is 12.3. The van der Waals surface area contributed by atoms with Gasteiger partial charge in [-0.05, 0) is 32.9 Å². The number of nitrogens with one attached hydrogen (secondary N) is 1. The van der Waals surface area contributed by atoms with Crippen LogP contribution in [0.15, 0.2) is 18.3 Å². The number of amides is 1. The first-order chi connectivity index (χ1) is 7.29. The minimum atomic E-state index is -0.229. The van der Waals surface area contributed by atoms with Crippen LogP contribution in [0.25, 0.3) is 0 Å². The van der Waals surface area contributed by atoms with Crippen molar-refractivity contribution in [3.8, 4) is 0 Å². The van der Waals surface area contributed by atoms with Gasteiger partial charge in [0, 0.05) is 11.7 Å². The van der Waals surface area contributed by atoms with Crippen molar-refractivity contribution >= 4 is 23.1 Å². The predicted molar refractivity (Wildman–Crippen MR) is 68.2 cm³/mol. The molecule has 0 saturated carbocycles. The Morgan fingerprint density at radius 3 is 2.69 bits per heavy atom. The smallest absolute Gasteiger partial charge is 0.240 e. The van der Waals surface area contributed by atoms with Gasteiger partial charge in [-0.2, -0.15) is 0 Å². The van der Waals surface area contributed by atoms with Gasteiger partial charge in [-0.15, -0.1) is 0 Å². The molecular formula is C11H17N3OS. The molecule has 0 fully saturated rings. The molecule has 4 nitrogen and oxygen atoms in total. The number of nitrogens with two attached hydrogens (primary N) is 1. The fraction of sp³-hybridized carbons (Fsp3) is 0.455. The molecule has 16 heavy (non-hydrogen) atoms. The molecule has 0 saturated heterocycles. The van der Waals surface area contributed by atoms with Gasteiger partial charge in [-0.1, -0.05) is 12.2 Å². The van der Waals surface area contributed by atoms with E-state index in [2.05, 4.69) is 5.32 Å². The SMILES string of the molecule is CC(C)(C)NC(=O)Cn1cccc1C(N)=S. The van der Waals surface area contributed by atoms with Gasteiger partial charge in [0.25, 0.3) is 0 Å². The number of aromatic nitrogens is 1. The number of carbonyl (C=O) groups is 1. The van der Waals surface area contributed by atoms with Crippen LogP contribution in [0.3, 0.4) is 0 Å². The zero-order valence-corrected chi connectivity index (χ0v) is 10.6. The number of nitrogens with zero attached hydrogens (tertiary/aromatic N) is 1. The molecule has 1 aromatic rings. The lowest BCUT2D eigenvalue weighted by atomic mass is 10.1. The second-order valence-electron chi connectivity index (χ2n) is 4.68. The van der Waals surface area contributed by atoms with Crippen molar-refractivity contribution in [2.24, 2.45) is 5.73 Å². The van der Waals surface area contributed by atoms with E-state index in [1.54, 1.807) is 16.8 Å². The molecule has 88 valence electrons. The molecule has 1 aromatic heterocycles. The van der Waals surface area contributed by atoms with Crippen molar-refractivity contribution in [2.45, 2.75) is 32.9 Å². The first-order valence-corrected chi connectivity index (χ1v) is 5.46. The maximum Gasteiger partial charge on any atom is 0.240 e. The van der Waals surface area contributed by atoms with Crippen LogP contribution in [-0.4, -0.2) is 21.0 Å². The second-order valence-corrected chi connectivity index (χ2v) is 5.12. The van der Waals surface area contributed by atoms with Crippen LogP contribution < -0.4 is 11.1 Å². The quantitative estimate of drug-likeness (QED) is 0.775. The van der Waals surface area contributed by atoms with Crippen molar-refractivity contribution in [3.63, 3.8) is 0 Å². The van der Waals surface area contributed by atoms with E-state index in [9.17, 15) is 4.79 Å². The molecule has 5 heteroatoms. The molecule has 0 aliphatic carbocycles. The van der Waals surface area contributed by atoms with Crippen molar-refractivity contribution in [3.05, 3.63) is 24.0 Å². The summed E-state index contributed by atoms with van der Waals surface area (Å²) >= 11 is 4.89. The first-order valence-electron chi connectivity index (χ1n) is 5.05. The molecule has 0 spiro atoms. The Morgan fingerprint density at radius 2 is 2.19 bits per heavy atom. The van der Waals surface area contributed by atoms with Gasteiger partial charge in [-0.3, -0.25) is 4.79 Å². The van der Waals surface area contributed by atoms with Gasteiger partial charge in [-0.25, -0.2) is 0 Å². The average Bonchev–Trinajstić information content (AvgIpc) is 2.47. The maximum absolute atomic E-state index is 11.7. The number of hydrogen-bond donors (Lipinski definition) is 2. The lowest BCUT2D eigenvalue weighted by Crippen LogP contribution is -2.42. The summed E-state index contributed by atoms with van der Waals surface area (Å²) in [6.45, 7) is 6.05. The number of carbonyl (C=O) groups excluding carboxylic acids is 1. The summed E-state index contributed by atoms with van der Waals surface area (Å²) in [4.78, 5) is 12.0. The monoisotopic (exact) mass is 239 g/mol. The standard InChI is InChI=1S/C11H17N3OS/c1-11(2,3)13-9(15)7-14-6-4-5-8(14)10(12)16/h4-6H,7H2,1-3H3,(H2,12,16)(H,13,15). The molecule has 1 rings (SSSR count). The molecule has 0 aromatic carbocycles. The molecular weight excluding hydrogens is 222 g/mol. The van der Waals surface area contributed by atoms with E-state index in [0.717, 1.165) is 0 Å². The Bertz CT molecular complexity index is 404. The fourth-order valence-corrected chi connectivity index (χ4v) is 1.57. The third-order valence-corrected chi connectivity index (χ3v) is 2.12. The van der Waals surface area contributed by atoms with Crippen molar-refractivity contribution < 1.29 is 4.79 Å². The molecule has 0 bridgehead atoms. The van der Waals surface area contributed by atoms with E-state index >= 15 is 0 Å². The Kier molecular flexibility index (Phi) is 3.70. The summed E-state index contributed by atoms with van der Waals surface area (Å²) in [5.41, 5.74) is 6.02. The molecule has 0 atom stereocenters. The van der Waals surface area contributed by atoms with Crippen LogP contribution in [0.1, 0.15) is 26.5 Å². The van der Waals surface area contributed by atoms with Gasteiger partial charge < -0.3 is 15.6 Å². The lowest BCUT2D eigenvalue weighted by molar-refractivity contribution is -0.123. The molecule has 3 N–H and O–H groups in total. The number of thiocarbonyl (C=S) groups is 1. The minimum Gasteiger partial charge on any atom is -0.388 e. The first kappa shape index (κ1) is 12.7. The third-order valence-electron chi connectivity index (χ3n) is 1.91. The molecule has 1 amide bonds. The van der Waals surface area contributed by atoms with E-state index in [0.29, 0.717) is 10.7 Å². The molecule has 0 radical (unpaired) electrons. The summed E-state index contributed by atoms with van der Waals surface area (Å²) in [6, 6.07) is 3.62. The van der Waals surface area contributed by atoms with Gasteiger partial charge in [0.1, 0.15) is 11.5 Å². The molecule has 0 aliphatic rings. The summed E-state index contributed by atoms with van der Waals surface area (Å²) < 4.78 is 1.74. The van der Waals surface area contributed by atoms with Crippen LogP contribution in [0.5, 0.6) is 0 Å². The largest absolute Gasteiger partial charge is 0.388 e. The van der Waals surface area contributed by atoms with E-state index in [1.807, 2.05) is 26.8 Å². The Morgan fingerprint density at radius 1 is 1.56 bits per heavy atom. The van der Waals surface area contributed by atoms with Crippen LogP contribution in [-0.2, 0) is 11.3 Å². The van der Waals surface area contributed by atoms with Crippen molar-refractivity contribution in [2.75, 3.05) is 0 Å². The van der Waals surface area contributed by atoms with Gasteiger partial charge >= 0.3 is 0 Å². The summed E-state index contributed by atoms with van der Waals surface area (Å²) in [5, 5.41) is 2.88. The highest BCUT2D eigenvalue weighted by atomic mass is 32.1. The second kappa shape index (κ2) is 4.65. The lowest BCUT2D eigenvalue weighted by Gasteiger charge is -2.21. The Hall–Kier alpha value is -1.36. The Balaban J connectivity index is 2.70. The van der Waals surface area contributed by atoms with Gasteiger partial charge in [0.2, 0.25) is 5.91 Å². The average molecular weight is 239 g/mol. The molecule has 0 unspecified atom stereocenters. The maximum atomic E-state index is 11.7. The zero-order valence-electron chi connectivity index (χ0n) is 9.78. The molecule has 0 aliphatic heterocycles. The van der Waals surface area contributed by atoms with E-state index < -0.39 is 0 Å². The Labute approximate surface area is 101 Å². The highest BCUT2D eigenvalue weighted by Gasteiger charge is 2.14. The molecule has 1 heterocycles. The summed E-state index contributed by atoms with van der Waals surface area (Å²) in [7, 11) is 0. The van der Waals surface area contributed by atoms with E-state index in [-0.39, 0.29) is 18.0 Å². The van der Waals surface area contributed by atoms with Crippen LogP contribution in [0, 0.1) is 0 Å². The van der Waals surface area contributed by atoms with Crippen LogP contribution in [0.2, 0.25) is 0 Å². The van der Waals surface area contributed by atoms with Crippen molar-refractivity contribution in [1.29, 1.82) is 0 Å². The minimum absolute atomic E-state index is 0.0544. The van der Waals surface area contributed by atoms with Crippen molar-refractivity contribution in [1.82, 2.24) is 9.88 Å². The van der Waals surface area contributed by atoms with Gasteiger partial charge in [0.05, 0.1) is 5.69 Å². The third kappa shape index (κ3) is 3.66. The number of hydrogen-bond acceptors (Lipinski definition) is 2. The van der Waals surface area contributed by atoms with Crippen LogP contribution >= 0.6 is 12.2 Å². The fourth-order valence-electron chi connectivity index (χ4n) is 1.39. The highest BCUT2D eigenvalue weighted by Crippen LogP contribution is 2.03. The summed E-state index contributed by atoms with van der Waals surface area (Å²) in [6.07, 6.45) is 1.79. The van der Waals surface area contributed by atoms with Gasteiger partial charge in [0.15, 0.2) is 0 Å².